The number of para-hydroxylation sites is 1. The van der Waals surface area contributed by atoms with Crippen LogP contribution in [0.5, 0.6) is 5.75 Å². The van der Waals surface area contributed by atoms with Gasteiger partial charge in [-0.2, -0.15) is 0 Å². The van der Waals surface area contributed by atoms with Gasteiger partial charge in [-0.1, -0.05) is 12.1 Å². The number of amides is 2. The van der Waals surface area contributed by atoms with Crippen molar-refractivity contribution in [1.29, 1.82) is 0 Å². The van der Waals surface area contributed by atoms with Crippen molar-refractivity contribution < 1.29 is 14.3 Å². The summed E-state index contributed by atoms with van der Waals surface area (Å²) in [6, 6.07) is 5.90. The number of carbonyl (C=O) groups is 2. The number of hydrogen-bond donors (Lipinski definition) is 2. The third kappa shape index (κ3) is 2.57. The summed E-state index contributed by atoms with van der Waals surface area (Å²) in [7, 11) is 0. The van der Waals surface area contributed by atoms with Gasteiger partial charge in [-0.25, -0.2) is 0 Å². The smallest absolute Gasteiger partial charge is 0.249 e. The number of carbonyl (C=O) groups excluding carboxylic acids is 2. The molecule has 0 aromatic heterocycles. The number of anilines is 1. The Labute approximate surface area is 135 Å². The Balaban J connectivity index is 1.67. The lowest BCUT2D eigenvalue weighted by Crippen LogP contribution is -2.54. The Morgan fingerprint density at radius 1 is 1.22 bits per heavy atom. The number of rotatable bonds is 2. The number of benzene rings is 1. The van der Waals surface area contributed by atoms with Crippen molar-refractivity contribution in [3.05, 3.63) is 23.8 Å². The highest BCUT2D eigenvalue weighted by molar-refractivity contribution is 6.01. The van der Waals surface area contributed by atoms with E-state index in [0.29, 0.717) is 31.9 Å². The van der Waals surface area contributed by atoms with E-state index in [1.54, 1.807) is 0 Å². The molecule has 2 unspecified atom stereocenters. The van der Waals surface area contributed by atoms with Gasteiger partial charge < -0.3 is 15.0 Å². The zero-order valence-corrected chi connectivity index (χ0v) is 13.0. The molecule has 0 bridgehead atoms. The van der Waals surface area contributed by atoms with E-state index in [0.717, 1.165) is 30.9 Å². The van der Waals surface area contributed by atoms with E-state index in [1.807, 2.05) is 12.1 Å². The molecule has 3 heterocycles. The summed E-state index contributed by atoms with van der Waals surface area (Å²) in [4.78, 5) is 25.7. The molecule has 0 saturated carbocycles. The van der Waals surface area contributed by atoms with Crippen LogP contribution in [0.2, 0.25) is 0 Å². The SMILES string of the molecule is O=C1CCC(N2CCOc3c(C4CCNC4)cccc32)C(=O)N1. The largest absolute Gasteiger partial charge is 0.489 e. The zero-order chi connectivity index (χ0) is 15.8. The first-order valence-corrected chi connectivity index (χ1v) is 8.31. The zero-order valence-electron chi connectivity index (χ0n) is 13.0. The maximum atomic E-state index is 12.2. The molecule has 3 aliphatic rings. The number of hydrogen-bond acceptors (Lipinski definition) is 5. The highest BCUT2D eigenvalue weighted by atomic mass is 16.5. The van der Waals surface area contributed by atoms with Crippen molar-refractivity contribution in [2.24, 2.45) is 0 Å². The number of ether oxygens (including phenoxy) is 1. The van der Waals surface area contributed by atoms with E-state index in [4.69, 9.17) is 4.74 Å². The van der Waals surface area contributed by atoms with Crippen LogP contribution in [-0.2, 0) is 9.59 Å². The van der Waals surface area contributed by atoms with E-state index >= 15 is 0 Å². The second-order valence-corrected chi connectivity index (χ2v) is 6.39. The maximum Gasteiger partial charge on any atom is 0.249 e. The van der Waals surface area contributed by atoms with E-state index in [1.165, 1.54) is 5.56 Å². The fraction of sp³-hybridized carbons (Fsp3) is 0.529. The van der Waals surface area contributed by atoms with E-state index in [9.17, 15) is 9.59 Å². The molecule has 0 radical (unpaired) electrons. The molecule has 122 valence electrons. The lowest BCUT2D eigenvalue weighted by molar-refractivity contribution is -0.134. The fourth-order valence-electron chi connectivity index (χ4n) is 3.84. The average molecular weight is 315 g/mol. The summed E-state index contributed by atoms with van der Waals surface area (Å²) in [5, 5.41) is 5.85. The molecule has 2 saturated heterocycles. The van der Waals surface area contributed by atoms with E-state index < -0.39 is 0 Å². The molecule has 2 N–H and O–H groups in total. The summed E-state index contributed by atoms with van der Waals surface area (Å²) in [6.07, 6.45) is 2.08. The van der Waals surface area contributed by atoms with Crippen molar-refractivity contribution in [3.8, 4) is 5.75 Å². The first-order chi connectivity index (χ1) is 11.2. The van der Waals surface area contributed by atoms with Gasteiger partial charge in [-0.3, -0.25) is 14.9 Å². The quantitative estimate of drug-likeness (QED) is 0.789. The predicted octanol–water partition coefficient (Wildman–Crippen LogP) is 0.767. The molecular weight excluding hydrogens is 294 g/mol. The minimum atomic E-state index is -0.285. The van der Waals surface area contributed by atoms with Crippen molar-refractivity contribution in [1.82, 2.24) is 10.6 Å². The molecule has 23 heavy (non-hydrogen) atoms. The van der Waals surface area contributed by atoms with Crippen molar-refractivity contribution >= 4 is 17.5 Å². The predicted molar refractivity (Wildman–Crippen MR) is 85.7 cm³/mol. The summed E-state index contributed by atoms with van der Waals surface area (Å²) in [5.74, 6) is 1.01. The van der Waals surface area contributed by atoms with Gasteiger partial charge >= 0.3 is 0 Å². The van der Waals surface area contributed by atoms with Crippen molar-refractivity contribution in [3.63, 3.8) is 0 Å². The van der Waals surface area contributed by atoms with Gasteiger partial charge in [0, 0.05) is 24.4 Å². The molecule has 3 aliphatic heterocycles. The van der Waals surface area contributed by atoms with Crippen LogP contribution in [0.4, 0.5) is 5.69 Å². The third-order valence-corrected chi connectivity index (χ3v) is 5.00. The lowest BCUT2D eigenvalue weighted by atomic mass is 9.95. The average Bonchev–Trinajstić information content (AvgIpc) is 3.08. The highest BCUT2D eigenvalue weighted by Crippen LogP contribution is 2.41. The molecule has 2 atom stereocenters. The van der Waals surface area contributed by atoms with E-state index in [2.05, 4.69) is 21.6 Å². The van der Waals surface area contributed by atoms with Crippen LogP contribution < -0.4 is 20.3 Å². The minimum absolute atomic E-state index is 0.175. The molecule has 6 nitrogen and oxygen atoms in total. The fourth-order valence-corrected chi connectivity index (χ4v) is 3.84. The number of nitrogens with zero attached hydrogens (tertiary/aromatic N) is 1. The molecule has 2 amide bonds. The van der Waals surface area contributed by atoms with Crippen LogP contribution in [0.1, 0.15) is 30.7 Å². The molecule has 1 aromatic rings. The molecule has 0 spiro atoms. The maximum absolute atomic E-state index is 12.2. The van der Waals surface area contributed by atoms with Crippen LogP contribution in [0, 0.1) is 0 Å². The second kappa shape index (κ2) is 5.85. The highest BCUT2D eigenvalue weighted by Gasteiger charge is 2.35. The number of nitrogens with one attached hydrogen (secondary N) is 2. The summed E-state index contributed by atoms with van der Waals surface area (Å²) < 4.78 is 5.98. The molecule has 0 aliphatic carbocycles. The standard InChI is InChI=1S/C17H21N3O3/c21-15-5-4-14(17(22)19-15)20-8-9-23-16-12(2-1-3-13(16)20)11-6-7-18-10-11/h1-3,11,14,18H,4-10H2,(H,19,21,22). The Kier molecular flexibility index (Phi) is 3.69. The molecule has 2 fully saturated rings. The number of piperidine rings is 1. The van der Waals surface area contributed by atoms with Crippen LogP contribution in [-0.4, -0.2) is 44.1 Å². The van der Waals surface area contributed by atoms with Gasteiger partial charge in [0.1, 0.15) is 18.4 Å². The van der Waals surface area contributed by atoms with Gasteiger partial charge in [0.2, 0.25) is 11.8 Å². The monoisotopic (exact) mass is 315 g/mol. The van der Waals surface area contributed by atoms with E-state index in [-0.39, 0.29) is 17.9 Å². The Bertz CT molecular complexity index is 640. The Morgan fingerprint density at radius 2 is 2.13 bits per heavy atom. The molecular formula is C17H21N3O3. The minimum Gasteiger partial charge on any atom is -0.489 e. The van der Waals surface area contributed by atoms with Gasteiger partial charge in [0.05, 0.1) is 12.2 Å². The summed E-state index contributed by atoms with van der Waals surface area (Å²) in [6.45, 7) is 3.25. The first-order valence-electron chi connectivity index (χ1n) is 8.31. The molecule has 4 rings (SSSR count). The van der Waals surface area contributed by atoms with Gasteiger partial charge in [0.15, 0.2) is 0 Å². The van der Waals surface area contributed by atoms with Crippen LogP contribution in [0.3, 0.4) is 0 Å². The summed E-state index contributed by atoms with van der Waals surface area (Å²) in [5.41, 5.74) is 2.21. The summed E-state index contributed by atoms with van der Waals surface area (Å²) >= 11 is 0. The molecule has 6 heteroatoms. The topological polar surface area (TPSA) is 70.7 Å². The second-order valence-electron chi connectivity index (χ2n) is 6.39. The van der Waals surface area contributed by atoms with Crippen LogP contribution >= 0.6 is 0 Å². The third-order valence-electron chi connectivity index (χ3n) is 5.00. The molecule has 1 aromatic carbocycles. The van der Waals surface area contributed by atoms with Gasteiger partial charge in [0.25, 0.3) is 0 Å². The van der Waals surface area contributed by atoms with Crippen molar-refractivity contribution in [2.45, 2.75) is 31.2 Å². The number of fused-ring (bicyclic) bond motifs is 1. The van der Waals surface area contributed by atoms with Crippen molar-refractivity contribution in [2.75, 3.05) is 31.1 Å². The Hall–Kier alpha value is -2.08. The van der Waals surface area contributed by atoms with Gasteiger partial charge in [-0.05, 0) is 25.5 Å². The van der Waals surface area contributed by atoms with Crippen LogP contribution in [0.15, 0.2) is 18.2 Å². The normalized spacial score (nSPS) is 27.4. The van der Waals surface area contributed by atoms with Crippen LogP contribution in [0.25, 0.3) is 0 Å². The first kappa shape index (κ1) is 14.5. The lowest BCUT2D eigenvalue weighted by Gasteiger charge is -2.39. The van der Waals surface area contributed by atoms with Gasteiger partial charge in [-0.15, -0.1) is 0 Å². The number of imide groups is 1. The Morgan fingerprint density at radius 3 is 2.91 bits per heavy atom.